The van der Waals surface area contributed by atoms with Crippen molar-refractivity contribution >= 4 is 17.9 Å². The van der Waals surface area contributed by atoms with Crippen LogP contribution in [0.2, 0.25) is 0 Å². The molecule has 356 valence electrons. The summed E-state index contributed by atoms with van der Waals surface area (Å²) < 4.78 is 16.7. The molecule has 0 radical (unpaired) electrons. The highest BCUT2D eigenvalue weighted by Crippen LogP contribution is 2.15. The van der Waals surface area contributed by atoms with E-state index in [1.165, 1.54) is 173 Å². The Bertz CT molecular complexity index is 1030. The van der Waals surface area contributed by atoms with Gasteiger partial charge in [-0.25, -0.2) is 0 Å². The number of allylic oxidation sites excluding steroid dienone is 6. The molecule has 0 saturated heterocycles. The van der Waals surface area contributed by atoms with Crippen molar-refractivity contribution < 1.29 is 28.6 Å². The summed E-state index contributed by atoms with van der Waals surface area (Å²) in [6, 6.07) is 0. The zero-order valence-electron chi connectivity index (χ0n) is 40.7. The third-order valence-corrected chi connectivity index (χ3v) is 11.6. The van der Waals surface area contributed by atoms with E-state index in [9.17, 15) is 14.4 Å². The number of esters is 3. The molecule has 0 aromatic rings. The molecular weight excluding hydrogens is 757 g/mol. The normalized spacial score (nSPS) is 12.2. The summed E-state index contributed by atoms with van der Waals surface area (Å²) in [7, 11) is 0. The number of hydrogen-bond donors (Lipinski definition) is 0. The van der Waals surface area contributed by atoms with Crippen LogP contribution in [0.15, 0.2) is 36.5 Å². The summed E-state index contributed by atoms with van der Waals surface area (Å²) in [4.78, 5) is 37.9. The molecule has 0 aliphatic heterocycles. The lowest BCUT2D eigenvalue weighted by Gasteiger charge is -2.18. The van der Waals surface area contributed by atoms with Gasteiger partial charge in [0.2, 0.25) is 0 Å². The second-order valence-electron chi connectivity index (χ2n) is 17.8. The molecule has 0 aliphatic carbocycles. The molecule has 0 rings (SSSR count). The quantitative estimate of drug-likeness (QED) is 0.0262. The highest BCUT2D eigenvalue weighted by molar-refractivity contribution is 5.71. The van der Waals surface area contributed by atoms with Crippen molar-refractivity contribution in [1.82, 2.24) is 0 Å². The fourth-order valence-corrected chi connectivity index (χ4v) is 7.61. The van der Waals surface area contributed by atoms with Crippen LogP contribution in [0.5, 0.6) is 0 Å². The number of hydrogen-bond acceptors (Lipinski definition) is 6. The van der Waals surface area contributed by atoms with Crippen LogP contribution in [0.25, 0.3) is 0 Å². The van der Waals surface area contributed by atoms with Crippen molar-refractivity contribution in [3.8, 4) is 0 Å². The average molecular weight is 857 g/mol. The van der Waals surface area contributed by atoms with Gasteiger partial charge in [-0.2, -0.15) is 0 Å². The molecule has 1 atom stereocenters. The van der Waals surface area contributed by atoms with Gasteiger partial charge in [-0.05, 0) is 64.2 Å². The molecule has 0 fully saturated rings. The summed E-state index contributed by atoms with van der Waals surface area (Å²) in [6.45, 7) is 6.59. The molecule has 0 saturated carbocycles. The summed E-state index contributed by atoms with van der Waals surface area (Å²) in [6.07, 6.45) is 58.6. The predicted molar refractivity (Wildman–Crippen MR) is 261 cm³/mol. The monoisotopic (exact) mass is 857 g/mol. The van der Waals surface area contributed by atoms with Gasteiger partial charge in [0.15, 0.2) is 6.10 Å². The molecule has 0 N–H and O–H groups in total. The average Bonchev–Trinajstić information content (AvgIpc) is 3.26. The molecule has 0 spiro atoms. The first-order valence-corrected chi connectivity index (χ1v) is 26.5. The Balaban J connectivity index is 4.38. The van der Waals surface area contributed by atoms with Crippen molar-refractivity contribution in [3.63, 3.8) is 0 Å². The van der Waals surface area contributed by atoms with Crippen LogP contribution in [-0.4, -0.2) is 37.2 Å². The third kappa shape index (κ3) is 48.5. The Hall–Kier alpha value is -2.37. The summed E-state index contributed by atoms with van der Waals surface area (Å²) in [5.74, 6) is -0.961. The van der Waals surface area contributed by atoms with E-state index in [-0.39, 0.29) is 37.5 Å². The molecule has 6 heteroatoms. The lowest BCUT2D eigenvalue weighted by Crippen LogP contribution is -2.30. The first-order chi connectivity index (χ1) is 30.0. The van der Waals surface area contributed by atoms with E-state index in [1.54, 1.807) is 0 Å². The minimum absolute atomic E-state index is 0.0943. The standard InChI is InChI=1S/C55H100O6/c1-4-7-10-13-16-19-22-25-26-27-28-29-31-33-36-39-42-45-48-54(57)60-51-52(50-59-53(56)47-44-41-38-35-32-24-21-18-15-12-9-6-3)61-55(58)49-46-43-40-37-34-30-23-20-17-14-11-8-5-2/h28-30,34,40,43,52H,4-27,31-33,35-39,41-42,44-51H2,1-3H3/b29-28-,34-30-,43-40-. The van der Waals surface area contributed by atoms with Crippen LogP contribution in [-0.2, 0) is 28.6 Å². The SMILES string of the molecule is CCCCCCCC/C=C\C/C=C\CCC(=O)OC(COC(=O)CCCCCCC/C=C\CCCCCCCCCCC)COC(=O)CCCCCCCCCCCCCC. The Morgan fingerprint density at radius 1 is 0.328 bits per heavy atom. The topological polar surface area (TPSA) is 78.9 Å². The third-order valence-electron chi connectivity index (χ3n) is 11.6. The molecule has 0 aromatic heterocycles. The van der Waals surface area contributed by atoms with Gasteiger partial charge >= 0.3 is 17.9 Å². The van der Waals surface area contributed by atoms with E-state index in [2.05, 4.69) is 51.2 Å². The Morgan fingerprint density at radius 3 is 0.984 bits per heavy atom. The smallest absolute Gasteiger partial charge is 0.306 e. The van der Waals surface area contributed by atoms with Crippen molar-refractivity contribution in [3.05, 3.63) is 36.5 Å². The minimum Gasteiger partial charge on any atom is -0.462 e. The van der Waals surface area contributed by atoms with E-state index < -0.39 is 6.10 Å². The second-order valence-corrected chi connectivity index (χ2v) is 17.8. The molecule has 0 aliphatic rings. The summed E-state index contributed by atoms with van der Waals surface area (Å²) in [5, 5.41) is 0. The van der Waals surface area contributed by atoms with Gasteiger partial charge in [0.1, 0.15) is 13.2 Å². The first kappa shape index (κ1) is 58.6. The first-order valence-electron chi connectivity index (χ1n) is 26.5. The van der Waals surface area contributed by atoms with Crippen molar-refractivity contribution in [2.24, 2.45) is 0 Å². The van der Waals surface area contributed by atoms with Crippen LogP contribution >= 0.6 is 0 Å². The number of ether oxygens (including phenoxy) is 3. The van der Waals surface area contributed by atoms with Gasteiger partial charge in [0, 0.05) is 19.3 Å². The molecular formula is C55H100O6. The largest absolute Gasteiger partial charge is 0.462 e. The Kier molecular flexibility index (Phi) is 48.3. The van der Waals surface area contributed by atoms with E-state index >= 15 is 0 Å². The van der Waals surface area contributed by atoms with Gasteiger partial charge in [0.05, 0.1) is 0 Å². The molecule has 61 heavy (non-hydrogen) atoms. The van der Waals surface area contributed by atoms with Gasteiger partial charge in [-0.15, -0.1) is 0 Å². The van der Waals surface area contributed by atoms with E-state index in [0.717, 1.165) is 57.8 Å². The highest BCUT2D eigenvalue weighted by atomic mass is 16.6. The van der Waals surface area contributed by atoms with Crippen LogP contribution in [0.4, 0.5) is 0 Å². The summed E-state index contributed by atoms with van der Waals surface area (Å²) >= 11 is 0. The molecule has 0 bridgehead atoms. The highest BCUT2D eigenvalue weighted by Gasteiger charge is 2.19. The number of unbranched alkanes of at least 4 members (excludes halogenated alkanes) is 31. The maximum Gasteiger partial charge on any atom is 0.306 e. The van der Waals surface area contributed by atoms with Crippen LogP contribution in [0, 0.1) is 0 Å². The van der Waals surface area contributed by atoms with Crippen LogP contribution in [0.3, 0.4) is 0 Å². The molecule has 0 aromatic carbocycles. The molecule has 0 heterocycles. The lowest BCUT2D eigenvalue weighted by atomic mass is 10.0. The number of carbonyl (C=O) groups excluding carboxylic acids is 3. The van der Waals surface area contributed by atoms with Crippen LogP contribution < -0.4 is 0 Å². The Morgan fingerprint density at radius 2 is 0.623 bits per heavy atom. The van der Waals surface area contributed by atoms with E-state index in [1.807, 2.05) is 6.08 Å². The zero-order chi connectivity index (χ0) is 44.4. The predicted octanol–water partition coefficient (Wildman–Crippen LogP) is 17.3. The Labute approximate surface area is 378 Å². The van der Waals surface area contributed by atoms with Crippen molar-refractivity contribution in [2.75, 3.05) is 13.2 Å². The zero-order valence-corrected chi connectivity index (χ0v) is 40.7. The summed E-state index contributed by atoms with van der Waals surface area (Å²) in [5.41, 5.74) is 0. The van der Waals surface area contributed by atoms with Crippen molar-refractivity contribution in [2.45, 2.75) is 284 Å². The molecule has 6 nitrogen and oxygen atoms in total. The maximum absolute atomic E-state index is 12.7. The van der Waals surface area contributed by atoms with Gasteiger partial charge in [0.25, 0.3) is 0 Å². The van der Waals surface area contributed by atoms with Gasteiger partial charge in [-0.3, -0.25) is 14.4 Å². The van der Waals surface area contributed by atoms with Crippen LogP contribution in [0.1, 0.15) is 278 Å². The van der Waals surface area contributed by atoms with E-state index in [0.29, 0.717) is 19.3 Å². The second kappa shape index (κ2) is 50.3. The molecule has 0 amide bonds. The lowest BCUT2D eigenvalue weighted by molar-refractivity contribution is -0.166. The maximum atomic E-state index is 12.7. The number of carbonyl (C=O) groups is 3. The van der Waals surface area contributed by atoms with Crippen molar-refractivity contribution in [1.29, 1.82) is 0 Å². The van der Waals surface area contributed by atoms with E-state index in [4.69, 9.17) is 14.2 Å². The number of rotatable bonds is 48. The minimum atomic E-state index is -0.801. The van der Waals surface area contributed by atoms with Gasteiger partial charge in [-0.1, -0.05) is 231 Å². The fourth-order valence-electron chi connectivity index (χ4n) is 7.61. The van der Waals surface area contributed by atoms with Gasteiger partial charge < -0.3 is 14.2 Å². The molecule has 1 unspecified atom stereocenters. The fraction of sp³-hybridized carbons (Fsp3) is 0.836.